The Bertz CT molecular complexity index is 1920. The van der Waals surface area contributed by atoms with Crippen LogP contribution in [-0.4, -0.2) is 38.5 Å². The number of ether oxygens (including phenoxy) is 2. The average molecular weight is 591 g/mol. The van der Waals surface area contributed by atoms with Crippen LogP contribution in [0.4, 0.5) is 0 Å². The molecule has 5 rings (SSSR count). The molecular weight excluding hydrogens is 567 g/mol. The molecule has 1 atom stereocenters. The van der Waals surface area contributed by atoms with Crippen LogP contribution in [0.1, 0.15) is 29.8 Å². The third kappa shape index (κ3) is 5.86. The molecule has 0 bridgehead atoms. The first-order valence-corrected chi connectivity index (χ1v) is 13.5. The van der Waals surface area contributed by atoms with Crippen molar-refractivity contribution in [2.24, 2.45) is 4.99 Å². The molecule has 0 saturated heterocycles. The molecule has 2 aromatic carbocycles. The predicted molar refractivity (Wildman–Crippen MR) is 156 cm³/mol. The predicted octanol–water partition coefficient (Wildman–Crippen LogP) is 5.08. The lowest BCUT2D eigenvalue weighted by atomic mass is 10.1. The zero-order valence-electron chi connectivity index (χ0n) is 22.1. The van der Waals surface area contributed by atoms with E-state index in [1.54, 1.807) is 48.0 Å². The molecule has 0 aliphatic rings. The molecule has 5 aromatic rings. The Balaban J connectivity index is 1.76. The molecule has 0 unspecified atom stereocenters. The van der Waals surface area contributed by atoms with Crippen LogP contribution >= 0.6 is 23.2 Å². The van der Waals surface area contributed by atoms with Crippen molar-refractivity contribution in [2.75, 3.05) is 6.61 Å². The Labute approximate surface area is 244 Å². The number of nitrogens with zero attached hydrogens (tertiary/aromatic N) is 4. The maximum absolute atomic E-state index is 13.5. The lowest BCUT2D eigenvalue weighted by Gasteiger charge is -2.16. The van der Waals surface area contributed by atoms with E-state index in [1.807, 2.05) is 30.3 Å². The van der Waals surface area contributed by atoms with Crippen molar-refractivity contribution in [2.45, 2.75) is 26.5 Å². The number of hydrogen-bond donors (Lipinski definition) is 0. The summed E-state index contributed by atoms with van der Waals surface area (Å²) in [7, 11) is 0. The van der Waals surface area contributed by atoms with Crippen molar-refractivity contribution in [1.29, 1.82) is 0 Å². The monoisotopic (exact) mass is 590 g/mol. The summed E-state index contributed by atoms with van der Waals surface area (Å²) < 4.78 is 14.0. The van der Waals surface area contributed by atoms with Crippen molar-refractivity contribution < 1.29 is 19.1 Å². The van der Waals surface area contributed by atoms with Gasteiger partial charge in [-0.1, -0.05) is 59.6 Å². The van der Waals surface area contributed by atoms with Crippen LogP contribution < -0.4 is 15.8 Å². The molecule has 208 valence electrons. The number of esters is 1. The minimum absolute atomic E-state index is 0.0189. The van der Waals surface area contributed by atoms with E-state index in [0.29, 0.717) is 10.7 Å². The van der Waals surface area contributed by atoms with Gasteiger partial charge in [-0.2, -0.15) is 4.99 Å². The largest absolute Gasteiger partial charge is 0.479 e. The zero-order chi connectivity index (χ0) is 29.1. The average Bonchev–Trinajstić information content (AvgIpc) is 2.96. The SMILES string of the molecule is CCOC(=O)c1cc2c(=O)n3ccccc3nc2n(Cc2ccccc2)c1=NC(=O)[C@@H](C)Oc1ccc(Cl)cc1Cl. The summed E-state index contributed by atoms with van der Waals surface area (Å²) in [6, 6.07) is 20.5. The van der Waals surface area contributed by atoms with Crippen molar-refractivity contribution in [1.82, 2.24) is 14.0 Å². The van der Waals surface area contributed by atoms with Gasteiger partial charge in [0, 0.05) is 11.2 Å². The maximum Gasteiger partial charge on any atom is 0.341 e. The molecule has 1 amide bonds. The Morgan fingerprint density at radius 1 is 1.02 bits per heavy atom. The lowest BCUT2D eigenvalue weighted by molar-refractivity contribution is -0.124. The van der Waals surface area contributed by atoms with Crippen LogP contribution in [0.5, 0.6) is 5.75 Å². The molecular formula is C30H24Cl2N4O5. The normalized spacial score (nSPS) is 12.4. The Morgan fingerprint density at radius 3 is 2.51 bits per heavy atom. The number of pyridine rings is 2. The second-order valence-corrected chi connectivity index (χ2v) is 9.89. The summed E-state index contributed by atoms with van der Waals surface area (Å²) >= 11 is 12.2. The number of benzene rings is 2. The highest BCUT2D eigenvalue weighted by molar-refractivity contribution is 6.35. The summed E-state index contributed by atoms with van der Waals surface area (Å²) in [6.45, 7) is 3.41. The molecule has 41 heavy (non-hydrogen) atoms. The van der Waals surface area contributed by atoms with Gasteiger partial charge in [-0.25, -0.2) is 9.78 Å². The molecule has 0 spiro atoms. The van der Waals surface area contributed by atoms with Crippen molar-refractivity contribution in [3.8, 4) is 5.75 Å². The Morgan fingerprint density at radius 2 is 1.78 bits per heavy atom. The molecule has 0 fully saturated rings. The third-order valence-corrected chi connectivity index (χ3v) is 6.76. The van der Waals surface area contributed by atoms with Crippen LogP contribution in [0.15, 0.2) is 88.8 Å². The molecule has 0 aliphatic heterocycles. The molecule has 3 heterocycles. The Hall–Kier alpha value is -4.47. The van der Waals surface area contributed by atoms with Gasteiger partial charge in [0.15, 0.2) is 11.6 Å². The fraction of sp³-hybridized carbons (Fsp3) is 0.167. The summed E-state index contributed by atoms with van der Waals surface area (Å²) in [4.78, 5) is 49.3. The number of fused-ring (bicyclic) bond motifs is 2. The van der Waals surface area contributed by atoms with E-state index >= 15 is 0 Å². The van der Waals surface area contributed by atoms with E-state index in [4.69, 9.17) is 37.7 Å². The van der Waals surface area contributed by atoms with Crippen molar-refractivity contribution in [3.63, 3.8) is 0 Å². The smallest absolute Gasteiger partial charge is 0.341 e. The first-order chi connectivity index (χ1) is 19.8. The number of hydrogen-bond acceptors (Lipinski definition) is 6. The van der Waals surface area contributed by atoms with Gasteiger partial charge < -0.3 is 14.0 Å². The Kier molecular flexibility index (Phi) is 8.19. The van der Waals surface area contributed by atoms with Crippen molar-refractivity contribution >= 4 is 51.8 Å². The summed E-state index contributed by atoms with van der Waals surface area (Å²) in [5.41, 5.74) is 1.01. The minimum Gasteiger partial charge on any atom is -0.479 e. The minimum atomic E-state index is -1.08. The van der Waals surface area contributed by atoms with Crippen LogP contribution in [0, 0.1) is 0 Å². The van der Waals surface area contributed by atoms with Crippen LogP contribution in [-0.2, 0) is 16.1 Å². The van der Waals surface area contributed by atoms with Gasteiger partial charge in [0.1, 0.15) is 22.6 Å². The van der Waals surface area contributed by atoms with Gasteiger partial charge in [-0.05, 0) is 55.8 Å². The fourth-order valence-corrected chi connectivity index (χ4v) is 4.73. The second-order valence-electron chi connectivity index (χ2n) is 9.04. The van der Waals surface area contributed by atoms with Gasteiger partial charge >= 0.3 is 5.97 Å². The molecule has 9 nitrogen and oxygen atoms in total. The summed E-state index contributed by atoms with van der Waals surface area (Å²) in [5, 5.41) is 0.807. The van der Waals surface area contributed by atoms with E-state index in [2.05, 4.69) is 4.99 Å². The van der Waals surface area contributed by atoms with E-state index in [0.717, 1.165) is 5.56 Å². The standard InChI is InChI=1S/C30H24Cl2N4O5/c1-3-40-30(39)22-16-21-26(33-25-11-7-8-14-35(25)29(21)38)36(17-19-9-5-4-6-10-19)27(22)34-28(37)18(2)41-24-13-12-20(31)15-23(24)32/h4-16,18H,3,17H2,1-2H3/t18-/m1/s1. The zero-order valence-corrected chi connectivity index (χ0v) is 23.6. The van der Waals surface area contributed by atoms with E-state index in [9.17, 15) is 14.4 Å². The number of carbonyl (C=O) groups is 2. The van der Waals surface area contributed by atoms with Crippen LogP contribution in [0.2, 0.25) is 10.0 Å². The summed E-state index contributed by atoms with van der Waals surface area (Å²) in [5.74, 6) is -1.19. The van der Waals surface area contributed by atoms with E-state index in [-0.39, 0.29) is 51.6 Å². The molecule has 0 N–H and O–H groups in total. The first-order valence-electron chi connectivity index (χ1n) is 12.7. The van der Waals surface area contributed by atoms with Crippen molar-refractivity contribution in [3.05, 3.63) is 116 Å². The van der Waals surface area contributed by atoms with Gasteiger partial charge in [0.2, 0.25) is 0 Å². The van der Waals surface area contributed by atoms with Gasteiger partial charge in [-0.3, -0.25) is 14.0 Å². The highest BCUT2D eigenvalue weighted by atomic mass is 35.5. The molecule has 0 radical (unpaired) electrons. The number of aromatic nitrogens is 3. The highest BCUT2D eigenvalue weighted by Gasteiger charge is 2.22. The van der Waals surface area contributed by atoms with Crippen LogP contribution in [0.25, 0.3) is 16.7 Å². The number of carbonyl (C=O) groups excluding carboxylic acids is 2. The van der Waals surface area contributed by atoms with Gasteiger partial charge in [0.05, 0.1) is 23.6 Å². The number of halogens is 2. The summed E-state index contributed by atoms with van der Waals surface area (Å²) in [6.07, 6.45) is 0.512. The van der Waals surface area contributed by atoms with Gasteiger partial charge in [0.25, 0.3) is 11.5 Å². The van der Waals surface area contributed by atoms with E-state index < -0.39 is 18.0 Å². The third-order valence-electron chi connectivity index (χ3n) is 6.23. The highest BCUT2D eigenvalue weighted by Crippen LogP contribution is 2.28. The van der Waals surface area contributed by atoms with Crippen LogP contribution in [0.3, 0.4) is 0 Å². The molecule has 11 heteroatoms. The second kappa shape index (κ2) is 12.0. The molecule has 0 aliphatic carbocycles. The quantitative estimate of drug-likeness (QED) is 0.193. The maximum atomic E-state index is 13.5. The number of amides is 1. The van der Waals surface area contributed by atoms with E-state index in [1.165, 1.54) is 23.5 Å². The fourth-order valence-electron chi connectivity index (χ4n) is 4.28. The number of rotatable bonds is 7. The lowest BCUT2D eigenvalue weighted by Crippen LogP contribution is -2.35. The molecule has 0 saturated carbocycles. The molecule has 3 aromatic heterocycles. The topological polar surface area (TPSA) is 104 Å². The first kappa shape index (κ1) is 28.1. The van der Waals surface area contributed by atoms with Gasteiger partial charge in [-0.15, -0.1) is 0 Å².